The lowest BCUT2D eigenvalue weighted by molar-refractivity contribution is 1.20. The average molecular weight is 185 g/mol. The number of nitriles is 1. The lowest BCUT2D eigenvalue weighted by Crippen LogP contribution is -1.87. The average Bonchev–Trinajstić information content (AvgIpc) is 2.18. The van der Waals surface area contributed by atoms with Crippen molar-refractivity contribution in [3.05, 3.63) is 41.5 Å². The van der Waals surface area contributed by atoms with E-state index < -0.39 is 0 Å². The van der Waals surface area contributed by atoms with E-state index in [1.165, 1.54) is 11.1 Å². The monoisotopic (exact) mass is 185 g/mol. The van der Waals surface area contributed by atoms with E-state index in [1.54, 1.807) is 0 Å². The summed E-state index contributed by atoms with van der Waals surface area (Å²) >= 11 is 0. The summed E-state index contributed by atoms with van der Waals surface area (Å²) < 4.78 is 0. The van der Waals surface area contributed by atoms with Gasteiger partial charge in [0.2, 0.25) is 0 Å². The maximum absolute atomic E-state index is 8.72. The van der Waals surface area contributed by atoms with Gasteiger partial charge in [0.25, 0.3) is 0 Å². The molecule has 0 aliphatic heterocycles. The Bertz CT molecular complexity index is 369. The number of aryl methyl sites for hydroxylation is 1. The molecule has 1 aromatic rings. The number of nitrogens with zero attached hydrogens (tertiary/aromatic N) is 1. The maximum Gasteiger partial charge on any atom is 0.0669 e. The summed E-state index contributed by atoms with van der Waals surface area (Å²) in [5.74, 6) is 0. The van der Waals surface area contributed by atoms with Gasteiger partial charge in [0.1, 0.15) is 0 Å². The number of rotatable bonds is 3. The second kappa shape index (κ2) is 5.24. The second-order valence-electron chi connectivity index (χ2n) is 3.29. The van der Waals surface area contributed by atoms with Crippen LogP contribution < -0.4 is 0 Å². The van der Waals surface area contributed by atoms with Crippen LogP contribution in [0.15, 0.2) is 30.3 Å². The predicted molar refractivity (Wildman–Crippen MR) is 59.7 cm³/mol. The summed E-state index contributed by atoms with van der Waals surface area (Å²) in [6, 6.07) is 10.4. The van der Waals surface area contributed by atoms with E-state index in [2.05, 4.69) is 38.1 Å². The zero-order valence-electron chi connectivity index (χ0n) is 8.75. The molecule has 0 unspecified atom stereocenters. The Balaban J connectivity index is 3.07. The molecule has 14 heavy (non-hydrogen) atoms. The van der Waals surface area contributed by atoms with Crippen molar-refractivity contribution in [2.75, 3.05) is 0 Å². The fourth-order valence-electron chi connectivity index (χ4n) is 1.54. The number of allylic oxidation sites excluding steroid dienone is 2. The Morgan fingerprint density at radius 1 is 1.43 bits per heavy atom. The molecule has 0 saturated carbocycles. The summed E-state index contributed by atoms with van der Waals surface area (Å²) in [7, 11) is 0. The molecule has 1 heteroatoms. The molecule has 1 aromatic carbocycles. The highest BCUT2D eigenvalue weighted by molar-refractivity contribution is 5.69. The van der Waals surface area contributed by atoms with Crippen LogP contribution in [-0.2, 0) is 0 Å². The molecule has 0 aliphatic carbocycles. The SMILES string of the molecule is CC/C=C(/CC#N)c1ccccc1C. The molecule has 1 nitrogen and oxygen atoms in total. The lowest BCUT2D eigenvalue weighted by atomic mass is 9.98. The third-order valence-electron chi connectivity index (χ3n) is 2.21. The molecule has 0 spiro atoms. The molecular formula is C13H15N. The molecule has 0 saturated heterocycles. The molecule has 72 valence electrons. The smallest absolute Gasteiger partial charge is 0.0669 e. The van der Waals surface area contributed by atoms with Crippen LogP contribution in [0.4, 0.5) is 0 Å². The quantitative estimate of drug-likeness (QED) is 0.704. The van der Waals surface area contributed by atoms with E-state index >= 15 is 0 Å². The van der Waals surface area contributed by atoms with Gasteiger partial charge in [-0.3, -0.25) is 0 Å². The molecule has 0 fully saturated rings. The second-order valence-corrected chi connectivity index (χ2v) is 3.29. The van der Waals surface area contributed by atoms with Crippen LogP contribution in [-0.4, -0.2) is 0 Å². The Morgan fingerprint density at radius 2 is 2.14 bits per heavy atom. The van der Waals surface area contributed by atoms with Gasteiger partial charge in [-0.05, 0) is 30.0 Å². The molecule has 0 atom stereocenters. The standard InChI is InChI=1S/C13H15N/c1-3-6-12(9-10-14)13-8-5-4-7-11(13)2/h4-8H,3,9H2,1-2H3/b12-6-. The number of benzene rings is 1. The highest BCUT2D eigenvalue weighted by Crippen LogP contribution is 2.21. The van der Waals surface area contributed by atoms with Gasteiger partial charge >= 0.3 is 0 Å². The first-order valence-electron chi connectivity index (χ1n) is 4.91. The first-order chi connectivity index (χ1) is 6.79. The van der Waals surface area contributed by atoms with Crippen molar-refractivity contribution < 1.29 is 0 Å². The minimum Gasteiger partial charge on any atom is -0.198 e. The van der Waals surface area contributed by atoms with Crippen molar-refractivity contribution >= 4 is 5.57 Å². The largest absolute Gasteiger partial charge is 0.198 e. The Morgan fingerprint density at radius 3 is 2.71 bits per heavy atom. The summed E-state index contributed by atoms with van der Waals surface area (Å²) in [5.41, 5.74) is 3.59. The van der Waals surface area contributed by atoms with Gasteiger partial charge in [0.05, 0.1) is 12.5 Å². The van der Waals surface area contributed by atoms with Crippen LogP contribution >= 0.6 is 0 Å². The molecule has 0 aromatic heterocycles. The Hall–Kier alpha value is -1.55. The molecule has 0 radical (unpaired) electrons. The van der Waals surface area contributed by atoms with E-state index in [0.717, 1.165) is 12.0 Å². The van der Waals surface area contributed by atoms with E-state index in [-0.39, 0.29) is 0 Å². The van der Waals surface area contributed by atoms with Crippen molar-refractivity contribution in [1.29, 1.82) is 5.26 Å². The number of hydrogen-bond acceptors (Lipinski definition) is 1. The Labute approximate surface area is 85.7 Å². The van der Waals surface area contributed by atoms with E-state index in [1.807, 2.05) is 12.1 Å². The molecule has 0 heterocycles. The topological polar surface area (TPSA) is 23.8 Å². The third-order valence-corrected chi connectivity index (χ3v) is 2.21. The van der Waals surface area contributed by atoms with Crippen LogP contribution in [0, 0.1) is 18.3 Å². The van der Waals surface area contributed by atoms with Gasteiger partial charge in [-0.25, -0.2) is 0 Å². The maximum atomic E-state index is 8.72. The van der Waals surface area contributed by atoms with E-state index in [9.17, 15) is 0 Å². The Kier molecular flexibility index (Phi) is 3.94. The van der Waals surface area contributed by atoms with Crippen LogP contribution in [0.25, 0.3) is 5.57 Å². The first kappa shape index (κ1) is 10.5. The highest BCUT2D eigenvalue weighted by Gasteiger charge is 2.02. The van der Waals surface area contributed by atoms with Crippen LogP contribution in [0.1, 0.15) is 30.9 Å². The van der Waals surface area contributed by atoms with Crippen LogP contribution in [0.2, 0.25) is 0 Å². The van der Waals surface area contributed by atoms with Crippen molar-refractivity contribution in [2.45, 2.75) is 26.7 Å². The van der Waals surface area contributed by atoms with Crippen molar-refractivity contribution in [2.24, 2.45) is 0 Å². The lowest BCUT2D eigenvalue weighted by Gasteiger charge is -2.06. The van der Waals surface area contributed by atoms with Crippen LogP contribution in [0.3, 0.4) is 0 Å². The van der Waals surface area contributed by atoms with Crippen molar-refractivity contribution in [1.82, 2.24) is 0 Å². The third kappa shape index (κ3) is 2.47. The zero-order chi connectivity index (χ0) is 10.4. The normalized spacial score (nSPS) is 11.1. The minimum atomic E-state index is 0.499. The van der Waals surface area contributed by atoms with E-state index in [4.69, 9.17) is 5.26 Å². The van der Waals surface area contributed by atoms with Crippen LogP contribution in [0.5, 0.6) is 0 Å². The first-order valence-corrected chi connectivity index (χ1v) is 4.91. The highest BCUT2D eigenvalue weighted by atomic mass is 14.2. The predicted octanol–water partition coefficient (Wildman–Crippen LogP) is 3.70. The molecule has 1 rings (SSSR count). The zero-order valence-corrected chi connectivity index (χ0v) is 8.75. The molecular weight excluding hydrogens is 170 g/mol. The molecule has 0 bridgehead atoms. The summed E-state index contributed by atoms with van der Waals surface area (Å²) in [4.78, 5) is 0. The van der Waals surface area contributed by atoms with Gasteiger partial charge < -0.3 is 0 Å². The van der Waals surface area contributed by atoms with Crippen molar-refractivity contribution in [3.8, 4) is 6.07 Å². The molecule has 0 aliphatic rings. The van der Waals surface area contributed by atoms with Gasteiger partial charge in [-0.1, -0.05) is 37.3 Å². The summed E-state index contributed by atoms with van der Waals surface area (Å²) in [6.07, 6.45) is 3.61. The van der Waals surface area contributed by atoms with Gasteiger partial charge in [0, 0.05) is 0 Å². The van der Waals surface area contributed by atoms with Gasteiger partial charge in [-0.15, -0.1) is 0 Å². The molecule has 0 N–H and O–H groups in total. The van der Waals surface area contributed by atoms with E-state index in [0.29, 0.717) is 6.42 Å². The summed E-state index contributed by atoms with van der Waals surface area (Å²) in [5, 5.41) is 8.72. The van der Waals surface area contributed by atoms with Gasteiger partial charge in [0.15, 0.2) is 0 Å². The fraction of sp³-hybridized carbons (Fsp3) is 0.308. The number of hydrogen-bond donors (Lipinski definition) is 0. The summed E-state index contributed by atoms with van der Waals surface area (Å²) in [6.45, 7) is 4.17. The molecule has 0 amide bonds. The minimum absolute atomic E-state index is 0.499. The fourth-order valence-corrected chi connectivity index (χ4v) is 1.54. The van der Waals surface area contributed by atoms with Gasteiger partial charge in [-0.2, -0.15) is 5.26 Å². The van der Waals surface area contributed by atoms with Crippen molar-refractivity contribution in [3.63, 3.8) is 0 Å².